The van der Waals surface area contributed by atoms with Crippen molar-refractivity contribution in [3.8, 4) is 5.75 Å². The minimum Gasteiger partial charge on any atom is -0.491 e. The molecule has 0 N–H and O–H groups in total. The highest BCUT2D eigenvalue weighted by Gasteiger charge is 2.33. The summed E-state index contributed by atoms with van der Waals surface area (Å²) >= 11 is 1.73. The Balaban J connectivity index is 1.75. The summed E-state index contributed by atoms with van der Waals surface area (Å²) in [7, 11) is 1.60. The average molecular weight is 445 g/mol. The zero-order chi connectivity index (χ0) is 22.4. The van der Waals surface area contributed by atoms with E-state index in [0.717, 1.165) is 17.7 Å². The summed E-state index contributed by atoms with van der Waals surface area (Å²) < 4.78 is 11.2. The number of nitrogens with zero attached hydrogens (tertiary/aromatic N) is 2. The fraction of sp³-hybridized carbons (Fsp3) is 0.500. The molecule has 3 rings (SSSR count). The van der Waals surface area contributed by atoms with Gasteiger partial charge in [-0.1, -0.05) is 31.5 Å². The highest BCUT2D eigenvalue weighted by atomic mass is 32.1. The molecule has 0 spiro atoms. The fourth-order valence-corrected chi connectivity index (χ4v) is 4.70. The van der Waals surface area contributed by atoms with Gasteiger partial charge in [-0.15, -0.1) is 11.3 Å². The Hall–Kier alpha value is -2.38. The van der Waals surface area contributed by atoms with E-state index in [2.05, 4.69) is 11.4 Å². The van der Waals surface area contributed by atoms with Gasteiger partial charge >= 0.3 is 0 Å². The monoisotopic (exact) mass is 444 g/mol. The van der Waals surface area contributed by atoms with E-state index in [1.807, 2.05) is 49.9 Å². The van der Waals surface area contributed by atoms with Crippen LogP contribution in [0.5, 0.6) is 5.75 Å². The lowest BCUT2D eigenvalue weighted by Crippen LogP contribution is -2.49. The minimum atomic E-state index is -0.171. The smallest absolute Gasteiger partial charge is 0.242 e. The Morgan fingerprint density at radius 1 is 1.23 bits per heavy atom. The molecule has 0 radical (unpaired) electrons. The number of hydrogen-bond donors (Lipinski definition) is 0. The molecule has 0 aliphatic carbocycles. The Morgan fingerprint density at radius 2 is 1.97 bits per heavy atom. The summed E-state index contributed by atoms with van der Waals surface area (Å²) in [4.78, 5) is 30.7. The molecule has 31 heavy (non-hydrogen) atoms. The lowest BCUT2D eigenvalue weighted by atomic mass is 10.00. The molecule has 0 saturated heterocycles. The minimum absolute atomic E-state index is 0.0360. The van der Waals surface area contributed by atoms with Gasteiger partial charge in [-0.25, -0.2) is 0 Å². The van der Waals surface area contributed by atoms with Crippen LogP contribution < -0.4 is 4.74 Å². The molecule has 1 aromatic carbocycles. The van der Waals surface area contributed by atoms with Crippen LogP contribution in [0.3, 0.4) is 0 Å². The van der Waals surface area contributed by atoms with Crippen LogP contribution in [-0.2, 0) is 20.7 Å². The first-order valence-electron chi connectivity index (χ1n) is 10.7. The number of rotatable bonds is 9. The maximum absolute atomic E-state index is 13.3. The predicted octanol–water partition coefficient (Wildman–Crippen LogP) is 3.69. The summed E-state index contributed by atoms with van der Waals surface area (Å²) in [6, 6.07) is 9.85. The topological polar surface area (TPSA) is 59.1 Å². The van der Waals surface area contributed by atoms with E-state index in [1.165, 1.54) is 10.4 Å². The van der Waals surface area contributed by atoms with Crippen LogP contribution in [-0.4, -0.2) is 61.6 Å². The molecule has 0 saturated carbocycles. The third-order valence-corrected chi connectivity index (χ3v) is 6.54. The van der Waals surface area contributed by atoms with Crippen molar-refractivity contribution in [2.45, 2.75) is 33.2 Å². The highest BCUT2D eigenvalue weighted by Crippen LogP contribution is 2.34. The summed E-state index contributed by atoms with van der Waals surface area (Å²) in [5, 5.41) is 2.07. The van der Waals surface area contributed by atoms with E-state index in [9.17, 15) is 9.59 Å². The van der Waals surface area contributed by atoms with Crippen molar-refractivity contribution in [2.75, 3.05) is 40.0 Å². The third kappa shape index (κ3) is 5.86. The number of thiophene rings is 1. The average Bonchev–Trinajstić information content (AvgIpc) is 3.24. The lowest BCUT2D eigenvalue weighted by molar-refractivity contribution is -0.144. The van der Waals surface area contributed by atoms with Gasteiger partial charge in [0, 0.05) is 31.0 Å². The molecule has 7 heteroatoms. The van der Waals surface area contributed by atoms with E-state index in [-0.39, 0.29) is 30.3 Å². The van der Waals surface area contributed by atoms with Crippen LogP contribution >= 0.6 is 11.3 Å². The van der Waals surface area contributed by atoms with Crippen LogP contribution in [0.25, 0.3) is 0 Å². The standard InChI is InChI=1S/C24H32N2O4S/c1-17(2)24(28)25(12-13-29-4)15-23(27)26-11-9-22-20(10-14-31-22)21(26)16-30-19-7-5-18(3)6-8-19/h5-8,10,14,17,21H,9,11-13,15-16H2,1-4H3. The number of hydrogen-bond acceptors (Lipinski definition) is 5. The van der Waals surface area contributed by atoms with Crippen molar-refractivity contribution >= 4 is 23.2 Å². The Bertz CT molecular complexity index is 878. The molecule has 2 amide bonds. The first-order chi connectivity index (χ1) is 14.9. The van der Waals surface area contributed by atoms with Crippen molar-refractivity contribution in [2.24, 2.45) is 5.92 Å². The first kappa shape index (κ1) is 23.3. The van der Waals surface area contributed by atoms with Crippen LogP contribution in [0, 0.1) is 12.8 Å². The van der Waals surface area contributed by atoms with Crippen molar-refractivity contribution in [3.05, 3.63) is 51.7 Å². The van der Waals surface area contributed by atoms with E-state index in [1.54, 1.807) is 23.3 Å². The van der Waals surface area contributed by atoms with E-state index < -0.39 is 0 Å². The fourth-order valence-electron chi connectivity index (χ4n) is 3.77. The van der Waals surface area contributed by atoms with Crippen molar-refractivity contribution < 1.29 is 19.1 Å². The van der Waals surface area contributed by atoms with Crippen LogP contribution in [0.1, 0.15) is 35.9 Å². The molecule has 168 valence electrons. The van der Waals surface area contributed by atoms with Gasteiger partial charge in [0.15, 0.2) is 0 Å². The molecular weight excluding hydrogens is 412 g/mol. The second kappa shape index (κ2) is 10.8. The largest absolute Gasteiger partial charge is 0.491 e. The summed E-state index contributed by atoms with van der Waals surface area (Å²) in [5.41, 5.74) is 2.32. The Morgan fingerprint density at radius 3 is 2.65 bits per heavy atom. The molecule has 1 atom stereocenters. The van der Waals surface area contributed by atoms with E-state index >= 15 is 0 Å². The molecule has 6 nitrogen and oxygen atoms in total. The summed E-state index contributed by atoms with van der Waals surface area (Å²) in [6.07, 6.45) is 0.829. The Labute approximate surface area is 188 Å². The van der Waals surface area contributed by atoms with Crippen LogP contribution in [0.15, 0.2) is 35.7 Å². The number of methoxy groups -OCH3 is 1. The number of fused-ring (bicyclic) bond motifs is 1. The van der Waals surface area contributed by atoms with Crippen LogP contribution in [0.2, 0.25) is 0 Å². The quantitative estimate of drug-likeness (QED) is 0.592. The SMILES string of the molecule is COCCN(CC(=O)N1CCc2sccc2C1COc1ccc(C)cc1)C(=O)C(C)C. The molecule has 2 heterocycles. The molecule has 1 aliphatic heterocycles. The molecular formula is C24H32N2O4S. The highest BCUT2D eigenvalue weighted by molar-refractivity contribution is 7.10. The second-order valence-electron chi connectivity index (χ2n) is 8.18. The van der Waals surface area contributed by atoms with Gasteiger partial charge in [0.1, 0.15) is 12.4 Å². The normalized spacial score (nSPS) is 15.6. The van der Waals surface area contributed by atoms with Gasteiger partial charge in [-0.05, 0) is 42.5 Å². The van der Waals surface area contributed by atoms with Gasteiger partial charge in [-0.3, -0.25) is 9.59 Å². The van der Waals surface area contributed by atoms with Gasteiger partial charge in [0.05, 0.1) is 19.2 Å². The molecule has 0 fully saturated rings. The zero-order valence-corrected chi connectivity index (χ0v) is 19.6. The van der Waals surface area contributed by atoms with Gasteiger partial charge < -0.3 is 19.3 Å². The van der Waals surface area contributed by atoms with Crippen LogP contribution in [0.4, 0.5) is 0 Å². The summed E-state index contributed by atoms with van der Waals surface area (Å²) in [6.45, 7) is 7.61. The number of carbonyl (C=O) groups excluding carboxylic acids is 2. The lowest BCUT2D eigenvalue weighted by Gasteiger charge is -2.37. The number of ether oxygens (including phenoxy) is 2. The molecule has 0 bridgehead atoms. The number of amides is 2. The zero-order valence-electron chi connectivity index (χ0n) is 18.8. The number of benzene rings is 1. The second-order valence-corrected chi connectivity index (χ2v) is 9.18. The van der Waals surface area contributed by atoms with Crippen molar-refractivity contribution in [1.82, 2.24) is 9.80 Å². The van der Waals surface area contributed by atoms with E-state index in [4.69, 9.17) is 9.47 Å². The van der Waals surface area contributed by atoms with Gasteiger partial charge in [0.2, 0.25) is 11.8 Å². The Kier molecular flexibility index (Phi) is 8.09. The maximum Gasteiger partial charge on any atom is 0.242 e. The summed E-state index contributed by atoms with van der Waals surface area (Å²) in [5.74, 6) is 0.526. The number of carbonyl (C=O) groups is 2. The first-order valence-corrected chi connectivity index (χ1v) is 11.6. The third-order valence-electron chi connectivity index (χ3n) is 5.54. The molecule has 1 aliphatic rings. The molecule has 2 aromatic rings. The molecule has 1 aromatic heterocycles. The van der Waals surface area contributed by atoms with Crippen molar-refractivity contribution in [1.29, 1.82) is 0 Å². The predicted molar refractivity (Wildman–Crippen MR) is 122 cm³/mol. The molecule has 1 unspecified atom stereocenters. The van der Waals surface area contributed by atoms with Crippen molar-refractivity contribution in [3.63, 3.8) is 0 Å². The number of aryl methyl sites for hydroxylation is 1. The van der Waals surface area contributed by atoms with E-state index in [0.29, 0.717) is 26.3 Å². The van der Waals surface area contributed by atoms with Gasteiger partial charge in [0.25, 0.3) is 0 Å². The maximum atomic E-state index is 13.3. The van der Waals surface area contributed by atoms with Gasteiger partial charge in [-0.2, -0.15) is 0 Å².